The largest absolute Gasteiger partial charge is 0.310 e. The number of hydrogen-bond acceptors (Lipinski definition) is 1. The fourth-order valence-corrected chi connectivity index (χ4v) is 2.53. The number of aryl methyl sites for hydroxylation is 2. The molecule has 0 unspecified atom stereocenters. The zero-order chi connectivity index (χ0) is 15.6. The summed E-state index contributed by atoms with van der Waals surface area (Å²) < 4.78 is 27.6. The summed E-state index contributed by atoms with van der Waals surface area (Å²) in [5.74, 6) is -0.490. The minimum absolute atomic E-state index is 0.233. The molecule has 0 amide bonds. The average molecular weight is 289 g/mol. The Morgan fingerprint density at radius 2 is 1.62 bits per heavy atom. The monoisotopic (exact) mass is 289 g/mol. The van der Waals surface area contributed by atoms with Gasteiger partial charge in [-0.15, -0.1) is 0 Å². The molecule has 0 atom stereocenters. The summed E-state index contributed by atoms with van der Waals surface area (Å²) in [6.45, 7) is 8.25. The third kappa shape index (κ3) is 3.67. The van der Waals surface area contributed by atoms with Crippen LogP contribution in [0.2, 0.25) is 0 Å². The second-order valence-electron chi connectivity index (χ2n) is 5.76. The first kappa shape index (κ1) is 15.6. The van der Waals surface area contributed by atoms with Crippen molar-refractivity contribution in [1.29, 1.82) is 0 Å². The lowest BCUT2D eigenvalue weighted by atomic mass is 9.94. The first-order chi connectivity index (χ1) is 9.88. The Labute approximate surface area is 125 Å². The predicted molar refractivity (Wildman–Crippen MR) is 83.2 cm³/mol. The smallest absolute Gasteiger partial charge is 0.128 e. The Kier molecular flexibility index (Phi) is 4.73. The molecule has 1 N–H and O–H groups in total. The van der Waals surface area contributed by atoms with E-state index in [-0.39, 0.29) is 11.6 Å². The number of benzene rings is 2. The lowest BCUT2D eigenvalue weighted by molar-refractivity contribution is 0.553. The summed E-state index contributed by atoms with van der Waals surface area (Å²) in [5, 5.41) is 3.20. The molecule has 0 radical (unpaired) electrons. The van der Waals surface area contributed by atoms with Gasteiger partial charge in [-0.3, -0.25) is 0 Å². The highest BCUT2D eigenvalue weighted by Gasteiger charge is 2.11. The molecule has 0 bridgehead atoms. The van der Waals surface area contributed by atoms with Crippen molar-refractivity contribution in [2.75, 3.05) is 0 Å². The van der Waals surface area contributed by atoms with Gasteiger partial charge >= 0.3 is 0 Å². The Morgan fingerprint density at radius 1 is 1.00 bits per heavy atom. The van der Waals surface area contributed by atoms with E-state index in [0.29, 0.717) is 18.2 Å². The van der Waals surface area contributed by atoms with Gasteiger partial charge in [0.05, 0.1) is 0 Å². The van der Waals surface area contributed by atoms with Crippen LogP contribution in [0.5, 0.6) is 0 Å². The minimum Gasteiger partial charge on any atom is -0.310 e. The Balaban J connectivity index is 2.36. The van der Waals surface area contributed by atoms with Crippen molar-refractivity contribution in [2.24, 2.45) is 0 Å². The van der Waals surface area contributed by atoms with Gasteiger partial charge < -0.3 is 5.32 Å². The van der Waals surface area contributed by atoms with Gasteiger partial charge in [-0.2, -0.15) is 0 Å². The highest BCUT2D eigenvalue weighted by molar-refractivity contribution is 5.71. The van der Waals surface area contributed by atoms with Crippen molar-refractivity contribution < 1.29 is 8.78 Å². The van der Waals surface area contributed by atoms with Crippen LogP contribution >= 0.6 is 0 Å². The van der Waals surface area contributed by atoms with Gasteiger partial charge in [-0.1, -0.05) is 26.0 Å². The van der Waals surface area contributed by atoms with Crippen LogP contribution < -0.4 is 5.32 Å². The van der Waals surface area contributed by atoms with Gasteiger partial charge in [0.15, 0.2) is 0 Å². The first-order valence-corrected chi connectivity index (χ1v) is 7.17. The SMILES string of the molecule is Cc1cc(F)cc(C)c1-c1ccc(CNC(C)C)c(F)c1. The van der Waals surface area contributed by atoms with E-state index < -0.39 is 0 Å². The number of hydrogen-bond donors (Lipinski definition) is 1. The van der Waals surface area contributed by atoms with Crippen LogP contribution in [0.1, 0.15) is 30.5 Å². The number of halogens is 2. The summed E-state index contributed by atoms with van der Waals surface area (Å²) in [6.07, 6.45) is 0. The summed E-state index contributed by atoms with van der Waals surface area (Å²) in [7, 11) is 0. The van der Waals surface area contributed by atoms with Crippen LogP contribution in [-0.4, -0.2) is 6.04 Å². The summed E-state index contributed by atoms with van der Waals surface area (Å²) in [6, 6.07) is 8.49. The Bertz CT molecular complexity index is 625. The van der Waals surface area contributed by atoms with E-state index in [0.717, 1.165) is 22.3 Å². The maximum atomic E-state index is 14.2. The molecule has 0 saturated heterocycles. The fraction of sp³-hybridized carbons (Fsp3) is 0.333. The second kappa shape index (κ2) is 6.35. The van der Waals surface area contributed by atoms with Gasteiger partial charge in [0.1, 0.15) is 11.6 Å². The van der Waals surface area contributed by atoms with E-state index in [9.17, 15) is 8.78 Å². The van der Waals surface area contributed by atoms with Crippen LogP contribution in [0.4, 0.5) is 8.78 Å². The zero-order valence-corrected chi connectivity index (χ0v) is 12.9. The van der Waals surface area contributed by atoms with E-state index in [4.69, 9.17) is 0 Å². The minimum atomic E-state index is -0.257. The standard InChI is InChI=1S/C18H21F2N/c1-11(2)21-10-15-6-5-14(9-17(15)20)18-12(3)7-16(19)8-13(18)4/h5-9,11,21H,10H2,1-4H3. The molecule has 2 aromatic carbocycles. The topological polar surface area (TPSA) is 12.0 Å². The van der Waals surface area contributed by atoms with Gasteiger partial charge in [-0.25, -0.2) is 8.78 Å². The summed E-state index contributed by atoms with van der Waals surface area (Å²) in [5.41, 5.74) is 3.97. The maximum absolute atomic E-state index is 14.2. The molecule has 2 aromatic rings. The summed E-state index contributed by atoms with van der Waals surface area (Å²) in [4.78, 5) is 0. The molecule has 0 aromatic heterocycles. The second-order valence-corrected chi connectivity index (χ2v) is 5.76. The molecule has 0 aliphatic heterocycles. The quantitative estimate of drug-likeness (QED) is 0.856. The van der Waals surface area contributed by atoms with Crippen molar-refractivity contribution in [3.05, 3.63) is 58.7 Å². The fourth-order valence-electron chi connectivity index (χ4n) is 2.53. The average Bonchev–Trinajstić information content (AvgIpc) is 2.36. The highest BCUT2D eigenvalue weighted by atomic mass is 19.1. The van der Waals surface area contributed by atoms with Gasteiger partial charge in [-0.05, 0) is 54.3 Å². The number of nitrogens with one attached hydrogen (secondary N) is 1. The van der Waals surface area contributed by atoms with E-state index in [1.807, 2.05) is 33.8 Å². The Hall–Kier alpha value is -1.74. The third-order valence-corrected chi connectivity index (χ3v) is 3.54. The molecule has 112 valence electrons. The molecule has 0 heterocycles. The van der Waals surface area contributed by atoms with Crippen LogP contribution in [-0.2, 0) is 6.54 Å². The molecule has 1 nitrogen and oxygen atoms in total. The lowest BCUT2D eigenvalue weighted by Crippen LogP contribution is -2.22. The Morgan fingerprint density at radius 3 is 2.14 bits per heavy atom. The number of rotatable bonds is 4. The maximum Gasteiger partial charge on any atom is 0.128 e. The molecule has 0 spiro atoms. The molecule has 0 saturated carbocycles. The molecule has 0 fully saturated rings. The van der Waals surface area contributed by atoms with Crippen LogP contribution in [0.15, 0.2) is 30.3 Å². The third-order valence-electron chi connectivity index (χ3n) is 3.54. The first-order valence-electron chi connectivity index (χ1n) is 7.17. The van der Waals surface area contributed by atoms with Crippen molar-refractivity contribution in [3.8, 4) is 11.1 Å². The van der Waals surface area contributed by atoms with Gasteiger partial charge in [0, 0.05) is 18.2 Å². The molecule has 21 heavy (non-hydrogen) atoms. The van der Waals surface area contributed by atoms with E-state index >= 15 is 0 Å². The molecule has 3 heteroatoms. The van der Waals surface area contributed by atoms with E-state index in [1.165, 1.54) is 18.2 Å². The molecule has 0 aliphatic carbocycles. The van der Waals surface area contributed by atoms with Crippen molar-refractivity contribution in [1.82, 2.24) is 5.32 Å². The van der Waals surface area contributed by atoms with Gasteiger partial charge in [0.25, 0.3) is 0 Å². The predicted octanol–water partition coefficient (Wildman–Crippen LogP) is 4.75. The van der Waals surface area contributed by atoms with Crippen molar-refractivity contribution in [2.45, 2.75) is 40.3 Å². The lowest BCUT2D eigenvalue weighted by Gasteiger charge is -2.13. The van der Waals surface area contributed by atoms with E-state index in [2.05, 4.69) is 5.32 Å². The molecular weight excluding hydrogens is 268 g/mol. The van der Waals surface area contributed by atoms with Crippen LogP contribution in [0.3, 0.4) is 0 Å². The molecule has 2 rings (SSSR count). The van der Waals surface area contributed by atoms with E-state index in [1.54, 1.807) is 6.07 Å². The molecule has 0 aliphatic rings. The molecular formula is C18H21F2N. The van der Waals surface area contributed by atoms with Crippen molar-refractivity contribution in [3.63, 3.8) is 0 Å². The summed E-state index contributed by atoms with van der Waals surface area (Å²) >= 11 is 0. The van der Waals surface area contributed by atoms with Crippen molar-refractivity contribution >= 4 is 0 Å². The zero-order valence-electron chi connectivity index (χ0n) is 12.9. The van der Waals surface area contributed by atoms with Crippen LogP contribution in [0, 0.1) is 25.5 Å². The van der Waals surface area contributed by atoms with Gasteiger partial charge in [0.2, 0.25) is 0 Å². The normalized spacial score (nSPS) is 11.2. The highest BCUT2D eigenvalue weighted by Crippen LogP contribution is 2.29. The van der Waals surface area contributed by atoms with Crippen LogP contribution in [0.25, 0.3) is 11.1 Å².